The largest absolute Gasteiger partial charge is 0.508 e. The maximum atomic E-state index is 11.8. The van der Waals surface area contributed by atoms with Crippen LogP contribution in [0, 0.1) is 0 Å². The number of phenolic OH excluding ortho intramolecular Hbond substituents is 1. The van der Waals surface area contributed by atoms with Gasteiger partial charge in [-0.2, -0.15) is 0 Å². The SMILES string of the molecule is CCc1cc2c(CN[C@@H](C)c3cccc(Cl)c3)cc(=O)oc2cc1O. The Labute approximate surface area is 151 Å². The number of nitrogens with one attached hydrogen (secondary N) is 1. The number of aromatic hydroxyl groups is 1. The zero-order chi connectivity index (χ0) is 18.0. The van der Waals surface area contributed by atoms with Crippen LogP contribution in [0.1, 0.15) is 36.6 Å². The summed E-state index contributed by atoms with van der Waals surface area (Å²) in [7, 11) is 0. The second-order valence-corrected chi connectivity index (χ2v) is 6.52. The fraction of sp³-hybridized carbons (Fsp3) is 0.250. The predicted octanol–water partition coefficient (Wildman–Crippen LogP) is 4.57. The van der Waals surface area contributed by atoms with E-state index >= 15 is 0 Å². The Morgan fingerprint density at radius 2 is 2.00 bits per heavy atom. The summed E-state index contributed by atoms with van der Waals surface area (Å²) >= 11 is 6.05. The number of hydrogen-bond acceptors (Lipinski definition) is 4. The van der Waals surface area contributed by atoms with Gasteiger partial charge in [-0.25, -0.2) is 4.79 Å². The first-order valence-electron chi connectivity index (χ1n) is 8.25. The van der Waals surface area contributed by atoms with Gasteiger partial charge >= 0.3 is 5.63 Å². The summed E-state index contributed by atoms with van der Waals surface area (Å²) in [6.45, 7) is 4.52. The number of aryl methyl sites for hydroxylation is 1. The number of phenols is 1. The van der Waals surface area contributed by atoms with E-state index in [1.165, 1.54) is 12.1 Å². The zero-order valence-corrected chi connectivity index (χ0v) is 14.9. The van der Waals surface area contributed by atoms with Crippen LogP contribution in [-0.2, 0) is 13.0 Å². The monoisotopic (exact) mass is 357 g/mol. The van der Waals surface area contributed by atoms with Gasteiger partial charge < -0.3 is 14.8 Å². The average Bonchev–Trinajstić information content (AvgIpc) is 2.58. The van der Waals surface area contributed by atoms with E-state index in [0.717, 1.165) is 22.1 Å². The van der Waals surface area contributed by atoms with E-state index in [9.17, 15) is 9.90 Å². The Balaban J connectivity index is 1.91. The number of rotatable bonds is 5. The Kier molecular flexibility index (Phi) is 5.11. The Morgan fingerprint density at radius 1 is 1.20 bits per heavy atom. The first-order chi connectivity index (χ1) is 12.0. The molecule has 130 valence electrons. The molecule has 1 heterocycles. The van der Waals surface area contributed by atoms with Gasteiger partial charge in [0.05, 0.1) is 0 Å². The van der Waals surface area contributed by atoms with Crippen LogP contribution in [0.5, 0.6) is 5.75 Å². The molecule has 0 saturated carbocycles. The van der Waals surface area contributed by atoms with Gasteiger partial charge in [0.25, 0.3) is 0 Å². The van der Waals surface area contributed by atoms with Crippen molar-refractivity contribution >= 4 is 22.6 Å². The minimum atomic E-state index is -0.427. The van der Waals surface area contributed by atoms with E-state index in [1.807, 2.05) is 44.2 Å². The molecule has 0 aliphatic heterocycles. The molecule has 1 atom stereocenters. The lowest BCUT2D eigenvalue weighted by molar-refractivity contribution is 0.466. The van der Waals surface area contributed by atoms with Crippen LogP contribution in [0.3, 0.4) is 0 Å². The maximum absolute atomic E-state index is 11.8. The second kappa shape index (κ2) is 7.30. The molecule has 0 saturated heterocycles. The fourth-order valence-corrected chi connectivity index (χ4v) is 3.09. The van der Waals surface area contributed by atoms with E-state index < -0.39 is 5.63 Å². The molecule has 4 nitrogen and oxygen atoms in total. The van der Waals surface area contributed by atoms with Gasteiger partial charge in [0.15, 0.2) is 0 Å². The quantitative estimate of drug-likeness (QED) is 0.657. The standard InChI is InChI=1S/C20H20ClNO3/c1-3-13-8-17-15(9-20(24)25-19(17)10-18(13)23)11-22-12(2)14-5-4-6-16(21)7-14/h4-10,12,22-23H,3,11H2,1-2H3/t12-/m0/s1. The molecule has 0 bridgehead atoms. The molecule has 0 amide bonds. The van der Waals surface area contributed by atoms with Gasteiger partial charge in [-0.1, -0.05) is 30.7 Å². The molecule has 25 heavy (non-hydrogen) atoms. The topological polar surface area (TPSA) is 62.5 Å². The minimum Gasteiger partial charge on any atom is -0.508 e. The smallest absolute Gasteiger partial charge is 0.336 e. The third kappa shape index (κ3) is 3.86. The first kappa shape index (κ1) is 17.5. The van der Waals surface area contributed by atoms with E-state index in [0.29, 0.717) is 23.6 Å². The summed E-state index contributed by atoms with van der Waals surface area (Å²) in [4.78, 5) is 11.8. The van der Waals surface area contributed by atoms with Gasteiger partial charge in [0, 0.05) is 35.1 Å². The van der Waals surface area contributed by atoms with Crippen molar-refractivity contribution in [3.05, 3.63) is 74.6 Å². The third-order valence-corrected chi connectivity index (χ3v) is 4.59. The van der Waals surface area contributed by atoms with Crippen LogP contribution in [0.15, 0.2) is 51.7 Å². The molecule has 3 aromatic rings. The highest BCUT2D eigenvalue weighted by Crippen LogP contribution is 2.27. The lowest BCUT2D eigenvalue weighted by Crippen LogP contribution is -2.19. The Bertz CT molecular complexity index is 965. The minimum absolute atomic E-state index is 0.0729. The molecule has 0 spiro atoms. The summed E-state index contributed by atoms with van der Waals surface area (Å²) in [5, 5.41) is 14.9. The van der Waals surface area contributed by atoms with Crippen molar-refractivity contribution in [2.75, 3.05) is 0 Å². The van der Waals surface area contributed by atoms with Gasteiger partial charge in [0.2, 0.25) is 0 Å². The molecule has 2 aromatic carbocycles. The Morgan fingerprint density at radius 3 is 2.72 bits per heavy atom. The highest BCUT2D eigenvalue weighted by Gasteiger charge is 2.12. The molecule has 1 aromatic heterocycles. The van der Waals surface area contributed by atoms with Crippen molar-refractivity contribution < 1.29 is 9.52 Å². The van der Waals surface area contributed by atoms with Gasteiger partial charge in [0.1, 0.15) is 11.3 Å². The molecule has 3 rings (SSSR count). The molecule has 0 radical (unpaired) electrons. The van der Waals surface area contributed by atoms with E-state index in [4.69, 9.17) is 16.0 Å². The van der Waals surface area contributed by atoms with E-state index in [1.54, 1.807) is 0 Å². The summed E-state index contributed by atoms with van der Waals surface area (Å²) < 4.78 is 5.23. The average molecular weight is 358 g/mol. The highest BCUT2D eigenvalue weighted by molar-refractivity contribution is 6.30. The molecule has 0 unspecified atom stereocenters. The lowest BCUT2D eigenvalue weighted by atomic mass is 10.0. The third-order valence-electron chi connectivity index (χ3n) is 4.36. The fourth-order valence-electron chi connectivity index (χ4n) is 2.89. The molecule has 5 heteroatoms. The number of halogens is 1. The highest BCUT2D eigenvalue weighted by atomic mass is 35.5. The van der Waals surface area contributed by atoms with Crippen molar-refractivity contribution in [3.63, 3.8) is 0 Å². The van der Waals surface area contributed by atoms with Crippen molar-refractivity contribution in [3.8, 4) is 5.75 Å². The van der Waals surface area contributed by atoms with Crippen molar-refractivity contribution in [2.24, 2.45) is 0 Å². The van der Waals surface area contributed by atoms with Crippen LogP contribution in [0.25, 0.3) is 11.0 Å². The number of hydrogen-bond donors (Lipinski definition) is 2. The first-order valence-corrected chi connectivity index (χ1v) is 8.63. The summed E-state index contributed by atoms with van der Waals surface area (Å²) in [6, 6.07) is 12.7. The van der Waals surface area contributed by atoms with Gasteiger partial charge in [-0.3, -0.25) is 0 Å². The van der Waals surface area contributed by atoms with Crippen molar-refractivity contribution in [1.29, 1.82) is 0 Å². The molecule has 0 fully saturated rings. The Hall–Kier alpha value is -2.30. The van der Waals surface area contributed by atoms with Crippen LogP contribution in [-0.4, -0.2) is 5.11 Å². The van der Waals surface area contributed by atoms with Crippen LogP contribution in [0.2, 0.25) is 5.02 Å². The zero-order valence-electron chi connectivity index (χ0n) is 14.2. The second-order valence-electron chi connectivity index (χ2n) is 6.08. The molecular weight excluding hydrogens is 338 g/mol. The van der Waals surface area contributed by atoms with Gasteiger partial charge in [-0.15, -0.1) is 0 Å². The van der Waals surface area contributed by atoms with Crippen molar-refractivity contribution in [1.82, 2.24) is 5.32 Å². The van der Waals surface area contributed by atoms with Crippen LogP contribution < -0.4 is 10.9 Å². The van der Waals surface area contributed by atoms with E-state index in [2.05, 4.69) is 5.32 Å². The summed E-state index contributed by atoms with van der Waals surface area (Å²) in [5.41, 5.74) is 2.71. The summed E-state index contributed by atoms with van der Waals surface area (Å²) in [6.07, 6.45) is 0.701. The predicted molar refractivity (Wildman–Crippen MR) is 100 cm³/mol. The number of fused-ring (bicyclic) bond motifs is 1. The molecule has 0 aliphatic rings. The van der Waals surface area contributed by atoms with Crippen LogP contribution >= 0.6 is 11.6 Å². The maximum Gasteiger partial charge on any atom is 0.336 e. The molecular formula is C20H20ClNO3. The molecule has 0 aliphatic carbocycles. The van der Waals surface area contributed by atoms with Crippen molar-refractivity contribution in [2.45, 2.75) is 32.9 Å². The van der Waals surface area contributed by atoms with Crippen LogP contribution in [0.4, 0.5) is 0 Å². The summed E-state index contributed by atoms with van der Waals surface area (Å²) in [5.74, 6) is 0.149. The lowest BCUT2D eigenvalue weighted by Gasteiger charge is -2.16. The molecule has 2 N–H and O–H groups in total. The normalized spacial score (nSPS) is 12.4. The van der Waals surface area contributed by atoms with E-state index in [-0.39, 0.29) is 11.8 Å². The number of benzene rings is 2. The van der Waals surface area contributed by atoms with Gasteiger partial charge in [-0.05, 0) is 48.2 Å².